The van der Waals surface area contributed by atoms with Crippen molar-refractivity contribution in [2.45, 2.75) is 38.9 Å². The first-order valence-corrected chi connectivity index (χ1v) is 7.35. The van der Waals surface area contributed by atoms with E-state index in [1.54, 1.807) is 6.08 Å². The summed E-state index contributed by atoms with van der Waals surface area (Å²) in [4.78, 5) is 0. The molecule has 1 aromatic rings. The molecule has 1 aromatic carbocycles. The van der Waals surface area contributed by atoms with Gasteiger partial charge < -0.3 is 9.47 Å². The molecular weight excluding hydrogens is 255 g/mol. The van der Waals surface area contributed by atoms with Crippen LogP contribution >= 0.6 is 0 Å². The second kappa shape index (κ2) is 8.18. The van der Waals surface area contributed by atoms with Crippen molar-refractivity contribution in [1.29, 1.82) is 0 Å². The molecule has 110 valence electrons. The highest BCUT2D eigenvalue weighted by Crippen LogP contribution is 2.18. The first-order chi connectivity index (χ1) is 9.74. The van der Waals surface area contributed by atoms with E-state index in [9.17, 15) is 4.39 Å². The topological polar surface area (TPSA) is 18.5 Å². The minimum atomic E-state index is -0.154. The largest absolute Gasteiger partial charge is 0.353 e. The third-order valence-electron chi connectivity index (χ3n) is 3.44. The number of allylic oxidation sites excluding steroid dienone is 1. The molecule has 2 rings (SSSR count). The molecule has 0 amide bonds. The average Bonchev–Trinajstić information content (AvgIpc) is 2.46. The highest BCUT2D eigenvalue weighted by atomic mass is 19.1. The van der Waals surface area contributed by atoms with Crippen molar-refractivity contribution in [2.24, 2.45) is 5.92 Å². The van der Waals surface area contributed by atoms with E-state index in [4.69, 9.17) is 9.47 Å². The fourth-order valence-electron chi connectivity index (χ4n) is 2.48. The van der Waals surface area contributed by atoms with E-state index >= 15 is 0 Å². The molecule has 0 N–H and O–H groups in total. The number of halogens is 1. The standard InChI is InChI=1S/C17H23FO2/c1-14(18)11-16(12-15-7-3-2-4-8-15)13-20-17-9-5-6-10-19-17/h2-4,7-8,11,16-17H,5-6,9-10,12-13H2,1H3/b14-11+. The lowest BCUT2D eigenvalue weighted by Crippen LogP contribution is -2.25. The van der Waals surface area contributed by atoms with Crippen LogP contribution in [0.2, 0.25) is 0 Å². The molecule has 0 aliphatic carbocycles. The summed E-state index contributed by atoms with van der Waals surface area (Å²) in [5.41, 5.74) is 1.20. The van der Waals surface area contributed by atoms with Crippen LogP contribution in [0.5, 0.6) is 0 Å². The quantitative estimate of drug-likeness (QED) is 0.774. The molecule has 2 nitrogen and oxygen atoms in total. The van der Waals surface area contributed by atoms with Gasteiger partial charge in [0.1, 0.15) is 0 Å². The maximum atomic E-state index is 13.2. The molecule has 2 atom stereocenters. The van der Waals surface area contributed by atoms with Crippen molar-refractivity contribution < 1.29 is 13.9 Å². The second-order valence-corrected chi connectivity index (χ2v) is 5.33. The van der Waals surface area contributed by atoms with Crippen molar-refractivity contribution in [3.63, 3.8) is 0 Å². The minimum absolute atomic E-state index is 0.0490. The summed E-state index contributed by atoms with van der Waals surface area (Å²) in [5.74, 6) is -0.105. The zero-order valence-corrected chi connectivity index (χ0v) is 12.1. The third-order valence-corrected chi connectivity index (χ3v) is 3.44. The molecule has 1 saturated heterocycles. The molecule has 1 heterocycles. The van der Waals surface area contributed by atoms with Crippen molar-refractivity contribution in [3.05, 3.63) is 47.8 Å². The Hall–Kier alpha value is -1.19. The predicted molar refractivity (Wildman–Crippen MR) is 78.0 cm³/mol. The van der Waals surface area contributed by atoms with Crippen LogP contribution in [0.15, 0.2) is 42.2 Å². The molecule has 1 fully saturated rings. The molecule has 2 unspecified atom stereocenters. The van der Waals surface area contributed by atoms with Gasteiger partial charge in [0.15, 0.2) is 6.29 Å². The highest BCUT2D eigenvalue weighted by molar-refractivity contribution is 5.16. The van der Waals surface area contributed by atoms with E-state index in [0.717, 1.165) is 32.3 Å². The van der Waals surface area contributed by atoms with Gasteiger partial charge in [-0.3, -0.25) is 0 Å². The van der Waals surface area contributed by atoms with Gasteiger partial charge in [-0.25, -0.2) is 4.39 Å². The summed E-state index contributed by atoms with van der Waals surface area (Å²) in [6.45, 7) is 2.75. The summed E-state index contributed by atoms with van der Waals surface area (Å²) >= 11 is 0. The van der Waals surface area contributed by atoms with Crippen LogP contribution in [0.3, 0.4) is 0 Å². The Labute approximate surface area is 120 Å². The zero-order valence-electron chi connectivity index (χ0n) is 12.1. The first kappa shape index (κ1) is 15.2. The summed E-state index contributed by atoms with van der Waals surface area (Å²) in [6.07, 6.45) is 5.51. The fraction of sp³-hybridized carbons (Fsp3) is 0.529. The SMILES string of the molecule is C/C(F)=C\C(COC1CCCCO1)Cc1ccccc1. The summed E-state index contributed by atoms with van der Waals surface area (Å²) in [7, 11) is 0. The van der Waals surface area contributed by atoms with Gasteiger partial charge in [0.05, 0.1) is 12.4 Å². The molecule has 0 radical (unpaired) electrons. The number of hydrogen-bond donors (Lipinski definition) is 0. The van der Waals surface area contributed by atoms with Crippen molar-refractivity contribution in [1.82, 2.24) is 0 Å². The molecule has 3 heteroatoms. The van der Waals surface area contributed by atoms with Gasteiger partial charge in [-0.2, -0.15) is 0 Å². The van der Waals surface area contributed by atoms with E-state index < -0.39 is 0 Å². The lowest BCUT2D eigenvalue weighted by atomic mass is 9.99. The van der Waals surface area contributed by atoms with Gasteiger partial charge in [-0.15, -0.1) is 0 Å². The van der Waals surface area contributed by atoms with Gasteiger partial charge >= 0.3 is 0 Å². The van der Waals surface area contributed by atoms with E-state index in [0.29, 0.717) is 6.61 Å². The Morgan fingerprint density at radius 2 is 2.20 bits per heavy atom. The summed E-state index contributed by atoms with van der Waals surface area (Å²) < 4.78 is 24.5. The lowest BCUT2D eigenvalue weighted by molar-refractivity contribution is -0.166. The van der Waals surface area contributed by atoms with Gasteiger partial charge in [0.25, 0.3) is 0 Å². The van der Waals surface area contributed by atoms with Crippen LogP contribution < -0.4 is 0 Å². The van der Waals surface area contributed by atoms with Gasteiger partial charge in [0.2, 0.25) is 0 Å². The van der Waals surface area contributed by atoms with Crippen molar-refractivity contribution in [2.75, 3.05) is 13.2 Å². The van der Waals surface area contributed by atoms with Crippen LogP contribution in [0.1, 0.15) is 31.7 Å². The normalized spacial score (nSPS) is 21.7. The first-order valence-electron chi connectivity index (χ1n) is 7.35. The number of rotatable bonds is 6. The van der Waals surface area contributed by atoms with E-state index in [-0.39, 0.29) is 18.0 Å². The van der Waals surface area contributed by atoms with Crippen LogP contribution in [-0.2, 0) is 15.9 Å². The summed E-state index contributed by atoms with van der Waals surface area (Å²) in [5, 5.41) is 0. The molecule has 0 aromatic heterocycles. The Balaban J connectivity index is 1.88. The van der Waals surface area contributed by atoms with E-state index in [2.05, 4.69) is 12.1 Å². The maximum Gasteiger partial charge on any atom is 0.157 e. The second-order valence-electron chi connectivity index (χ2n) is 5.33. The van der Waals surface area contributed by atoms with E-state index in [1.807, 2.05) is 18.2 Å². The van der Waals surface area contributed by atoms with Gasteiger partial charge in [0, 0.05) is 12.5 Å². The maximum absolute atomic E-state index is 13.2. The van der Waals surface area contributed by atoms with Crippen molar-refractivity contribution >= 4 is 0 Å². The number of ether oxygens (including phenoxy) is 2. The Morgan fingerprint density at radius 3 is 2.85 bits per heavy atom. The minimum Gasteiger partial charge on any atom is -0.353 e. The third kappa shape index (κ3) is 5.43. The Kier molecular flexibility index (Phi) is 6.22. The molecule has 20 heavy (non-hydrogen) atoms. The van der Waals surface area contributed by atoms with Crippen LogP contribution in [0, 0.1) is 5.92 Å². The van der Waals surface area contributed by atoms with Crippen LogP contribution in [0.4, 0.5) is 4.39 Å². The molecular formula is C17H23FO2. The Morgan fingerprint density at radius 1 is 1.40 bits per heavy atom. The Bertz CT molecular complexity index is 406. The molecule has 0 spiro atoms. The molecule has 1 aliphatic rings. The predicted octanol–water partition coefficient (Wildman–Crippen LogP) is 4.26. The van der Waals surface area contributed by atoms with Crippen LogP contribution in [0.25, 0.3) is 0 Å². The van der Waals surface area contributed by atoms with Gasteiger partial charge in [-0.05, 0) is 44.2 Å². The lowest BCUT2D eigenvalue weighted by Gasteiger charge is -2.24. The van der Waals surface area contributed by atoms with Gasteiger partial charge in [-0.1, -0.05) is 30.3 Å². The van der Waals surface area contributed by atoms with E-state index in [1.165, 1.54) is 12.5 Å². The smallest absolute Gasteiger partial charge is 0.157 e. The molecule has 1 aliphatic heterocycles. The van der Waals surface area contributed by atoms with Crippen LogP contribution in [-0.4, -0.2) is 19.5 Å². The van der Waals surface area contributed by atoms with Crippen molar-refractivity contribution in [3.8, 4) is 0 Å². The monoisotopic (exact) mass is 278 g/mol. The number of benzene rings is 1. The highest BCUT2D eigenvalue weighted by Gasteiger charge is 2.16. The summed E-state index contributed by atoms with van der Waals surface area (Å²) in [6, 6.07) is 10.1. The average molecular weight is 278 g/mol. The zero-order chi connectivity index (χ0) is 14.2. The number of hydrogen-bond acceptors (Lipinski definition) is 2. The molecule has 0 bridgehead atoms. The molecule has 0 saturated carbocycles. The fourth-order valence-corrected chi connectivity index (χ4v) is 2.48.